The van der Waals surface area contributed by atoms with E-state index in [0.717, 1.165) is 17.0 Å². The molecule has 0 aliphatic heterocycles. The summed E-state index contributed by atoms with van der Waals surface area (Å²) >= 11 is 1.64. The molecule has 0 aromatic carbocycles. The summed E-state index contributed by atoms with van der Waals surface area (Å²) in [5.41, 5.74) is 7.75. The first kappa shape index (κ1) is 9.82. The first-order valence-electron chi connectivity index (χ1n) is 4.12. The number of hydrogen-bond donors (Lipinski definition) is 1. The van der Waals surface area contributed by atoms with Crippen LogP contribution in [-0.4, -0.2) is 0 Å². The summed E-state index contributed by atoms with van der Waals surface area (Å²) < 4.78 is 0. The molecule has 0 bridgehead atoms. The molecule has 1 heterocycles. The number of nitrogen functional groups attached to an aromatic ring is 1. The highest BCUT2D eigenvalue weighted by molar-refractivity contribution is 7.11. The SMILES string of the molecule is C/C(=C\CCC#N)c1sccc1N. The van der Waals surface area contributed by atoms with Gasteiger partial charge in [-0.15, -0.1) is 11.3 Å². The van der Waals surface area contributed by atoms with Crippen molar-refractivity contribution in [2.24, 2.45) is 0 Å². The third kappa shape index (κ3) is 2.60. The molecule has 2 N–H and O–H groups in total. The summed E-state index contributed by atoms with van der Waals surface area (Å²) in [7, 11) is 0. The molecule has 0 aliphatic carbocycles. The number of thiophene rings is 1. The largest absolute Gasteiger partial charge is 0.398 e. The van der Waals surface area contributed by atoms with E-state index in [1.165, 1.54) is 5.57 Å². The average Bonchev–Trinajstić information content (AvgIpc) is 2.52. The summed E-state index contributed by atoms with van der Waals surface area (Å²) in [6.45, 7) is 2.03. The van der Waals surface area contributed by atoms with Gasteiger partial charge in [0.05, 0.1) is 10.9 Å². The van der Waals surface area contributed by atoms with Crippen LogP contribution in [0.15, 0.2) is 17.5 Å². The monoisotopic (exact) mass is 192 g/mol. The van der Waals surface area contributed by atoms with Gasteiger partial charge in [-0.05, 0) is 30.4 Å². The minimum Gasteiger partial charge on any atom is -0.398 e. The molecule has 2 nitrogen and oxygen atoms in total. The Hall–Kier alpha value is -1.27. The first-order chi connectivity index (χ1) is 6.25. The lowest BCUT2D eigenvalue weighted by Crippen LogP contribution is -1.85. The van der Waals surface area contributed by atoms with Crippen molar-refractivity contribution in [3.63, 3.8) is 0 Å². The lowest BCUT2D eigenvalue weighted by molar-refractivity contribution is 1.06. The van der Waals surface area contributed by atoms with E-state index in [2.05, 4.69) is 12.1 Å². The molecule has 1 aromatic rings. The summed E-state index contributed by atoms with van der Waals surface area (Å²) in [6.07, 6.45) is 3.44. The van der Waals surface area contributed by atoms with Gasteiger partial charge in [0.2, 0.25) is 0 Å². The molecule has 1 rings (SSSR count). The van der Waals surface area contributed by atoms with E-state index in [1.54, 1.807) is 11.3 Å². The Labute approximate surface area is 82.3 Å². The van der Waals surface area contributed by atoms with Gasteiger partial charge in [-0.25, -0.2) is 0 Å². The molecule has 0 unspecified atom stereocenters. The van der Waals surface area contributed by atoms with Crippen molar-refractivity contribution in [2.45, 2.75) is 19.8 Å². The molecule has 0 aliphatic rings. The molecular formula is C10H12N2S. The van der Waals surface area contributed by atoms with Crippen LogP contribution < -0.4 is 5.73 Å². The van der Waals surface area contributed by atoms with Crippen LogP contribution in [0, 0.1) is 11.3 Å². The van der Waals surface area contributed by atoms with E-state index >= 15 is 0 Å². The molecular weight excluding hydrogens is 180 g/mol. The highest BCUT2D eigenvalue weighted by Gasteiger charge is 2.01. The fourth-order valence-electron chi connectivity index (χ4n) is 1.09. The Balaban J connectivity index is 2.68. The van der Waals surface area contributed by atoms with Gasteiger partial charge in [-0.2, -0.15) is 5.26 Å². The van der Waals surface area contributed by atoms with Crippen molar-refractivity contribution in [1.82, 2.24) is 0 Å². The fraction of sp³-hybridized carbons (Fsp3) is 0.300. The van der Waals surface area contributed by atoms with Crippen LogP contribution in [0.2, 0.25) is 0 Å². The highest BCUT2D eigenvalue weighted by Crippen LogP contribution is 2.27. The van der Waals surface area contributed by atoms with Crippen LogP contribution in [0.4, 0.5) is 5.69 Å². The normalized spacial score (nSPS) is 11.2. The highest BCUT2D eigenvalue weighted by atomic mass is 32.1. The molecule has 0 radical (unpaired) electrons. The van der Waals surface area contributed by atoms with Crippen molar-refractivity contribution in [3.8, 4) is 6.07 Å². The second-order valence-corrected chi connectivity index (χ2v) is 3.71. The minimum absolute atomic E-state index is 0.572. The molecule has 1 aromatic heterocycles. The first-order valence-corrected chi connectivity index (χ1v) is 5.00. The maximum Gasteiger partial charge on any atom is 0.0625 e. The number of unbranched alkanes of at least 4 members (excludes halogenated alkanes) is 1. The number of nitrogens with zero attached hydrogens (tertiary/aromatic N) is 1. The lowest BCUT2D eigenvalue weighted by Gasteiger charge is -1.98. The molecule has 68 valence electrons. The summed E-state index contributed by atoms with van der Waals surface area (Å²) in [5, 5.41) is 10.3. The van der Waals surface area contributed by atoms with E-state index in [0.29, 0.717) is 6.42 Å². The number of anilines is 1. The maximum atomic E-state index is 8.36. The van der Waals surface area contributed by atoms with Crippen molar-refractivity contribution in [3.05, 3.63) is 22.4 Å². The third-order valence-electron chi connectivity index (χ3n) is 1.76. The van der Waals surface area contributed by atoms with Gasteiger partial charge < -0.3 is 5.73 Å². The summed E-state index contributed by atoms with van der Waals surface area (Å²) in [5.74, 6) is 0. The summed E-state index contributed by atoms with van der Waals surface area (Å²) in [6, 6.07) is 4.01. The van der Waals surface area contributed by atoms with E-state index in [4.69, 9.17) is 11.0 Å². The van der Waals surface area contributed by atoms with Gasteiger partial charge in [0, 0.05) is 12.1 Å². The molecule has 0 atom stereocenters. The van der Waals surface area contributed by atoms with Crippen LogP contribution in [0.1, 0.15) is 24.6 Å². The van der Waals surface area contributed by atoms with Crippen LogP contribution >= 0.6 is 11.3 Å². The molecule has 3 heteroatoms. The Morgan fingerprint density at radius 3 is 3.08 bits per heavy atom. The predicted molar refractivity (Wildman–Crippen MR) is 57.2 cm³/mol. The van der Waals surface area contributed by atoms with Crippen LogP contribution in [-0.2, 0) is 0 Å². The van der Waals surface area contributed by atoms with Gasteiger partial charge in [0.25, 0.3) is 0 Å². The lowest BCUT2D eigenvalue weighted by atomic mass is 10.2. The smallest absolute Gasteiger partial charge is 0.0625 e. The zero-order valence-corrected chi connectivity index (χ0v) is 8.40. The molecule has 0 saturated carbocycles. The number of nitrogens with two attached hydrogens (primary N) is 1. The Morgan fingerprint density at radius 1 is 1.77 bits per heavy atom. The molecule has 0 spiro atoms. The second kappa shape index (κ2) is 4.68. The Bertz CT molecular complexity index is 344. The molecule has 0 fully saturated rings. The predicted octanol–water partition coefficient (Wildman–Crippen LogP) is 3.04. The molecule has 0 saturated heterocycles. The van der Waals surface area contributed by atoms with Crippen molar-refractivity contribution < 1.29 is 0 Å². The van der Waals surface area contributed by atoms with Gasteiger partial charge >= 0.3 is 0 Å². The zero-order valence-electron chi connectivity index (χ0n) is 7.58. The standard InChI is InChI=1S/C10H12N2S/c1-8(4-2-3-6-11)10-9(12)5-7-13-10/h4-5,7H,2-3,12H2,1H3/b8-4+. The third-order valence-corrected chi connectivity index (χ3v) is 2.83. The molecule has 13 heavy (non-hydrogen) atoms. The number of nitriles is 1. The van der Waals surface area contributed by atoms with E-state index in [1.807, 2.05) is 18.4 Å². The Morgan fingerprint density at radius 2 is 2.54 bits per heavy atom. The maximum absolute atomic E-state index is 8.36. The number of allylic oxidation sites excluding steroid dienone is 2. The van der Waals surface area contributed by atoms with Gasteiger partial charge in [0.1, 0.15) is 0 Å². The van der Waals surface area contributed by atoms with Crippen molar-refractivity contribution >= 4 is 22.6 Å². The minimum atomic E-state index is 0.572. The fourth-order valence-corrected chi connectivity index (χ4v) is 1.91. The number of rotatable bonds is 3. The van der Waals surface area contributed by atoms with E-state index in [-0.39, 0.29) is 0 Å². The van der Waals surface area contributed by atoms with Gasteiger partial charge in [-0.1, -0.05) is 6.08 Å². The average molecular weight is 192 g/mol. The van der Waals surface area contributed by atoms with Gasteiger partial charge in [0.15, 0.2) is 0 Å². The molecule has 0 amide bonds. The number of hydrogen-bond acceptors (Lipinski definition) is 3. The quantitative estimate of drug-likeness (QED) is 0.748. The van der Waals surface area contributed by atoms with E-state index < -0.39 is 0 Å². The summed E-state index contributed by atoms with van der Waals surface area (Å²) in [4.78, 5) is 1.12. The second-order valence-electron chi connectivity index (χ2n) is 2.79. The zero-order chi connectivity index (χ0) is 9.68. The van der Waals surface area contributed by atoms with Gasteiger partial charge in [-0.3, -0.25) is 0 Å². The van der Waals surface area contributed by atoms with Crippen molar-refractivity contribution in [2.75, 3.05) is 5.73 Å². The topological polar surface area (TPSA) is 49.8 Å². The van der Waals surface area contributed by atoms with E-state index in [9.17, 15) is 0 Å². The Kier molecular flexibility index (Phi) is 3.53. The van der Waals surface area contributed by atoms with Crippen LogP contribution in [0.3, 0.4) is 0 Å². The van der Waals surface area contributed by atoms with Crippen LogP contribution in [0.25, 0.3) is 5.57 Å². The van der Waals surface area contributed by atoms with Crippen LogP contribution in [0.5, 0.6) is 0 Å². The van der Waals surface area contributed by atoms with Crippen molar-refractivity contribution in [1.29, 1.82) is 5.26 Å².